The lowest BCUT2D eigenvalue weighted by atomic mass is 9.85. The molecule has 0 spiro atoms. The van der Waals surface area contributed by atoms with Gasteiger partial charge >= 0.3 is 0 Å². The van der Waals surface area contributed by atoms with E-state index < -0.39 is 0 Å². The molecule has 2 rings (SSSR count). The monoisotopic (exact) mass is 254 g/mol. The van der Waals surface area contributed by atoms with Gasteiger partial charge in [-0.25, -0.2) is 0 Å². The van der Waals surface area contributed by atoms with Crippen molar-refractivity contribution in [3.63, 3.8) is 0 Å². The SMILES string of the molecule is CC(C)(C)C1CCSC(Nc2ccsc2)=N1. The van der Waals surface area contributed by atoms with Gasteiger partial charge in [0.05, 0.1) is 11.7 Å². The molecule has 0 bridgehead atoms. The maximum atomic E-state index is 4.80. The minimum atomic E-state index is 0.266. The fraction of sp³-hybridized carbons (Fsp3) is 0.583. The van der Waals surface area contributed by atoms with Crippen LogP contribution in [0.3, 0.4) is 0 Å². The molecule has 0 aliphatic carbocycles. The lowest BCUT2D eigenvalue weighted by molar-refractivity contribution is 0.316. The molecule has 16 heavy (non-hydrogen) atoms. The van der Waals surface area contributed by atoms with Crippen LogP contribution in [0.15, 0.2) is 21.8 Å². The number of nitrogens with zero attached hydrogens (tertiary/aromatic N) is 1. The van der Waals surface area contributed by atoms with Gasteiger partial charge in [0.2, 0.25) is 0 Å². The van der Waals surface area contributed by atoms with Crippen molar-refractivity contribution < 1.29 is 0 Å². The lowest BCUT2D eigenvalue weighted by Crippen LogP contribution is -2.30. The van der Waals surface area contributed by atoms with E-state index in [2.05, 4.69) is 42.9 Å². The van der Waals surface area contributed by atoms with Gasteiger partial charge in [0.25, 0.3) is 0 Å². The Bertz CT molecular complexity index is 363. The molecule has 2 heterocycles. The van der Waals surface area contributed by atoms with Crippen molar-refractivity contribution in [3.8, 4) is 0 Å². The summed E-state index contributed by atoms with van der Waals surface area (Å²) in [4.78, 5) is 4.80. The molecule has 1 N–H and O–H groups in total. The highest BCUT2D eigenvalue weighted by atomic mass is 32.2. The molecule has 0 saturated heterocycles. The predicted octanol–water partition coefficient (Wildman–Crippen LogP) is 4.07. The van der Waals surface area contributed by atoms with Gasteiger partial charge in [0.15, 0.2) is 5.17 Å². The van der Waals surface area contributed by atoms with Crippen molar-refractivity contribution in [2.24, 2.45) is 10.4 Å². The quantitative estimate of drug-likeness (QED) is 0.817. The summed E-state index contributed by atoms with van der Waals surface area (Å²) in [6.45, 7) is 6.79. The summed E-state index contributed by atoms with van der Waals surface area (Å²) in [5.41, 5.74) is 1.42. The van der Waals surface area contributed by atoms with Crippen LogP contribution in [0.5, 0.6) is 0 Å². The summed E-state index contributed by atoms with van der Waals surface area (Å²) in [5.74, 6) is 1.16. The highest BCUT2D eigenvalue weighted by Gasteiger charge is 2.27. The van der Waals surface area contributed by atoms with Crippen molar-refractivity contribution in [1.82, 2.24) is 0 Å². The van der Waals surface area contributed by atoms with Crippen molar-refractivity contribution in [1.29, 1.82) is 0 Å². The van der Waals surface area contributed by atoms with E-state index in [9.17, 15) is 0 Å². The van der Waals surface area contributed by atoms with Gasteiger partial charge in [-0.3, -0.25) is 4.99 Å². The minimum Gasteiger partial charge on any atom is -0.334 e. The fourth-order valence-corrected chi connectivity index (χ4v) is 3.18. The van der Waals surface area contributed by atoms with Crippen LogP contribution < -0.4 is 5.32 Å². The molecule has 1 aromatic rings. The first kappa shape index (κ1) is 12.0. The first-order valence-corrected chi connectivity index (χ1v) is 7.48. The van der Waals surface area contributed by atoms with E-state index >= 15 is 0 Å². The van der Waals surface area contributed by atoms with Crippen LogP contribution >= 0.6 is 23.1 Å². The summed E-state index contributed by atoms with van der Waals surface area (Å²) >= 11 is 3.53. The average Bonchev–Trinajstić information content (AvgIpc) is 2.70. The Morgan fingerprint density at radius 1 is 1.44 bits per heavy atom. The maximum absolute atomic E-state index is 4.80. The third-order valence-corrected chi connectivity index (χ3v) is 4.28. The zero-order valence-corrected chi connectivity index (χ0v) is 11.6. The molecule has 1 aliphatic rings. The number of rotatable bonds is 1. The van der Waals surface area contributed by atoms with Crippen molar-refractivity contribution >= 4 is 34.0 Å². The van der Waals surface area contributed by atoms with Crippen LogP contribution in [0.1, 0.15) is 27.2 Å². The number of amidine groups is 1. The molecule has 4 heteroatoms. The Labute approximate surface area is 106 Å². The smallest absolute Gasteiger partial charge is 0.161 e. The second-order valence-electron chi connectivity index (χ2n) is 5.09. The first-order valence-electron chi connectivity index (χ1n) is 5.55. The van der Waals surface area contributed by atoms with Crippen molar-refractivity contribution in [2.75, 3.05) is 11.1 Å². The van der Waals surface area contributed by atoms with E-state index in [0.717, 1.165) is 16.6 Å². The molecule has 0 saturated carbocycles. The van der Waals surface area contributed by atoms with Gasteiger partial charge < -0.3 is 5.32 Å². The van der Waals surface area contributed by atoms with Gasteiger partial charge in [-0.1, -0.05) is 32.5 Å². The van der Waals surface area contributed by atoms with E-state index in [0.29, 0.717) is 6.04 Å². The standard InChI is InChI=1S/C12H18N2S2/c1-12(2,3)10-5-7-16-11(14-10)13-9-4-6-15-8-9/h4,6,8,10H,5,7H2,1-3H3,(H,13,14). The number of hydrogen-bond acceptors (Lipinski definition) is 4. The Morgan fingerprint density at radius 2 is 2.25 bits per heavy atom. The molecular formula is C12H18N2S2. The molecule has 88 valence electrons. The van der Waals surface area contributed by atoms with E-state index in [1.54, 1.807) is 11.3 Å². The summed E-state index contributed by atoms with van der Waals surface area (Å²) < 4.78 is 0. The van der Waals surface area contributed by atoms with E-state index in [1.165, 1.54) is 6.42 Å². The second-order valence-corrected chi connectivity index (χ2v) is 6.95. The number of aliphatic imine (C=N–C) groups is 1. The molecule has 0 radical (unpaired) electrons. The van der Waals surface area contributed by atoms with Crippen LogP contribution in [0.4, 0.5) is 5.69 Å². The summed E-state index contributed by atoms with van der Waals surface area (Å²) in [6.07, 6.45) is 1.18. The number of thioether (sulfide) groups is 1. The minimum absolute atomic E-state index is 0.266. The fourth-order valence-electron chi connectivity index (χ4n) is 1.66. The highest BCUT2D eigenvalue weighted by Crippen LogP contribution is 2.31. The molecule has 1 unspecified atom stereocenters. The Balaban J connectivity index is 2.07. The van der Waals surface area contributed by atoms with Crippen LogP contribution in [0.25, 0.3) is 0 Å². The van der Waals surface area contributed by atoms with Crippen molar-refractivity contribution in [2.45, 2.75) is 33.2 Å². The van der Waals surface area contributed by atoms with E-state index in [-0.39, 0.29) is 5.41 Å². The van der Waals surface area contributed by atoms with Crippen LogP contribution in [-0.4, -0.2) is 17.0 Å². The molecule has 0 amide bonds. The normalized spacial score (nSPS) is 21.7. The van der Waals surface area contributed by atoms with E-state index in [4.69, 9.17) is 4.99 Å². The number of anilines is 1. The zero-order valence-electron chi connectivity index (χ0n) is 9.99. The molecule has 2 nitrogen and oxygen atoms in total. The second kappa shape index (κ2) is 4.80. The largest absolute Gasteiger partial charge is 0.334 e. The van der Waals surface area contributed by atoms with Crippen LogP contribution in [0.2, 0.25) is 0 Å². The average molecular weight is 254 g/mol. The maximum Gasteiger partial charge on any atom is 0.161 e. The third-order valence-electron chi connectivity index (χ3n) is 2.68. The number of hydrogen-bond donors (Lipinski definition) is 1. The Hall–Kier alpha value is -0.480. The lowest BCUT2D eigenvalue weighted by Gasteiger charge is -2.30. The predicted molar refractivity (Wildman–Crippen MR) is 75.7 cm³/mol. The molecule has 1 aromatic heterocycles. The Morgan fingerprint density at radius 3 is 2.88 bits per heavy atom. The van der Waals surface area contributed by atoms with Crippen molar-refractivity contribution in [3.05, 3.63) is 16.8 Å². The Kier molecular flexibility index (Phi) is 3.60. The number of nitrogens with one attached hydrogen (secondary N) is 1. The topological polar surface area (TPSA) is 24.4 Å². The van der Waals surface area contributed by atoms with Gasteiger partial charge in [-0.05, 0) is 23.3 Å². The molecule has 0 aromatic carbocycles. The summed E-state index contributed by atoms with van der Waals surface area (Å²) in [6, 6.07) is 2.53. The summed E-state index contributed by atoms with van der Waals surface area (Å²) in [7, 11) is 0. The summed E-state index contributed by atoms with van der Waals surface area (Å²) in [5, 5.41) is 8.66. The molecular weight excluding hydrogens is 236 g/mol. The molecule has 1 aliphatic heterocycles. The van der Waals surface area contributed by atoms with E-state index in [1.807, 2.05) is 11.8 Å². The van der Waals surface area contributed by atoms with Gasteiger partial charge in [-0.15, -0.1) is 0 Å². The van der Waals surface area contributed by atoms with Crippen LogP contribution in [-0.2, 0) is 0 Å². The highest BCUT2D eigenvalue weighted by molar-refractivity contribution is 8.14. The van der Waals surface area contributed by atoms with Crippen LogP contribution in [0, 0.1) is 5.41 Å². The molecule has 0 fully saturated rings. The first-order chi connectivity index (χ1) is 7.55. The molecule has 1 atom stereocenters. The van der Waals surface area contributed by atoms with Gasteiger partial charge in [-0.2, -0.15) is 11.3 Å². The third kappa shape index (κ3) is 3.01. The van der Waals surface area contributed by atoms with Gasteiger partial charge in [0.1, 0.15) is 0 Å². The zero-order chi connectivity index (χ0) is 11.6. The van der Waals surface area contributed by atoms with Gasteiger partial charge in [0, 0.05) is 11.1 Å². The number of thiophene rings is 1.